The molecule has 0 aliphatic rings. The molecule has 0 radical (unpaired) electrons. The number of aryl methyl sites for hydroxylation is 1. The van der Waals surface area contributed by atoms with Gasteiger partial charge in [-0.15, -0.1) is 12.4 Å². The van der Waals surface area contributed by atoms with Crippen LogP contribution in [0.15, 0.2) is 36.4 Å². The fourth-order valence-electron chi connectivity index (χ4n) is 1.74. The van der Waals surface area contributed by atoms with E-state index in [0.29, 0.717) is 18.3 Å². The molecule has 0 amide bonds. The van der Waals surface area contributed by atoms with Gasteiger partial charge >= 0.3 is 5.97 Å². The van der Waals surface area contributed by atoms with E-state index in [-0.39, 0.29) is 25.0 Å². The summed E-state index contributed by atoms with van der Waals surface area (Å²) in [4.78, 5) is 19.3. The van der Waals surface area contributed by atoms with Crippen LogP contribution in [-0.4, -0.2) is 29.1 Å². The number of nitrogens with one attached hydrogen (secondary N) is 2. The van der Waals surface area contributed by atoms with Gasteiger partial charge in [0, 0.05) is 24.4 Å². The first-order valence-corrected chi connectivity index (χ1v) is 6.68. The summed E-state index contributed by atoms with van der Waals surface area (Å²) in [5, 5.41) is 6.24. The van der Waals surface area contributed by atoms with Crippen LogP contribution in [0.3, 0.4) is 0 Å². The van der Waals surface area contributed by atoms with E-state index in [1.807, 2.05) is 43.3 Å². The molecule has 0 bridgehead atoms. The summed E-state index contributed by atoms with van der Waals surface area (Å²) in [5.41, 5.74) is 1.81. The van der Waals surface area contributed by atoms with Crippen LogP contribution in [0.1, 0.15) is 12.6 Å². The molecular weight excluding hydrogens is 304 g/mol. The number of para-hydroxylation sites is 1. The number of esters is 1. The molecule has 0 atom stereocenters. The van der Waals surface area contributed by atoms with Gasteiger partial charge < -0.3 is 15.4 Å². The lowest BCUT2D eigenvalue weighted by atomic mass is 10.3. The quantitative estimate of drug-likeness (QED) is 0.629. The predicted molar refractivity (Wildman–Crippen MR) is 88.9 cm³/mol. The lowest BCUT2D eigenvalue weighted by Crippen LogP contribution is -2.14. The number of carbonyl (C=O) groups excluding carboxylic acids is 1. The van der Waals surface area contributed by atoms with Gasteiger partial charge in [0.2, 0.25) is 5.95 Å². The maximum Gasteiger partial charge on any atom is 0.302 e. The van der Waals surface area contributed by atoms with Crippen LogP contribution in [0.2, 0.25) is 0 Å². The van der Waals surface area contributed by atoms with Crippen molar-refractivity contribution >= 4 is 35.8 Å². The topological polar surface area (TPSA) is 76.1 Å². The Morgan fingerprint density at radius 3 is 2.64 bits per heavy atom. The molecule has 22 heavy (non-hydrogen) atoms. The molecule has 0 unspecified atom stereocenters. The fraction of sp³-hybridized carbons (Fsp3) is 0.267. The Bertz CT molecular complexity index is 608. The highest BCUT2D eigenvalue weighted by atomic mass is 35.5. The summed E-state index contributed by atoms with van der Waals surface area (Å²) >= 11 is 0. The van der Waals surface area contributed by atoms with Crippen LogP contribution in [0, 0.1) is 6.92 Å². The second-order valence-corrected chi connectivity index (χ2v) is 4.48. The number of nitrogens with zero attached hydrogens (tertiary/aromatic N) is 2. The first kappa shape index (κ1) is 17.7. The minimum atomic E-state index is -0.298. The van der Waals surface area contributed by atoms with Crippen molar-refractivity contribution in [1.82, 2.24) is 9.97 Å². The van der Waals surface area contributed by atoms with E-state index >= 15 is 0 Å². The zero-order valence-electron chi connectivity index (χ0n) is 12.5. The second kappa shape index (κ2) is 8.84. The molecule has 2 rings (SSSR count). The van der Waals surface area contributed by atoms with Gasteiger partial charge in [-0.3, -0.25) is 4.79 Å². The molecule has 118 valence electrons. The van der Waals surface area contributed by atoms with Gasteiger partial charge in [0.15, 0.2) is 0 Å². The number of hydrogen-bond donors (Lipinski definition) is 2. The molecule has 0 saturated carbocycles. The highest BCUT2D eigenvalue weighted by molar-refractivity contribution is 5.85. The van der Waals surface area contributed by atoms with Crippen molar-refractivity contribution in [2.75, 3.05) is 23.8 Å². The highest BCUT2D eigenvalue weighted by Gasteiger charge is 2.03. The summed E-state index contributed by atoms with van der Waals surface area (Å²) in [6.45, 7) is 4.03. The number of carbonyl (C=O) groups is 1. The Morgan fingerprint density at radius 1 is 1.23 bits per heavy atom. The number of halogens is 1. The van der Waals surface area contributed by atoms with E-state index in [0.717, 1.165) is 11.4 Å². The summed E-state index contributed by atoms with van der Waals surface area (Å²) in [5.74, 6) is 0.915. The molecule has 1 aromatic carbocycles. The van der Waals surface area contributed by atoms with E-state index in [9.17, 15) is 4.79 Å². The van der Waals surface area contributed by atoms with Crippen molar-refractivity contribution in [3.8, 4) is 0 Å². The van der Waals surface area contributed by atoms with Crippen molar-refractivity contribution < 1.29 is 9.53 Å². The van der Waals surface area contributed by atoms with Crippen molar-refractivity contribution in [3.05, 3.63) is 42.1 Å². The SMILES string of the molecule is CC(=O)OCCNc1nc(C)cc(Nc2ccccc2)n1.Cl. The Hall–Kier alpha value is -2.34. The van der Waals surface area contributed by atoms with E-state index in [1.54, 1.807) is 0 Å². The number of anilines is 3. The number of rotatable bonds is 6. The van der Waals surface area contributed by atoms with Crippen LogP contribution < -0.4 is 10.6 Å². The average molecular weight is 323 g/mol. The van der Waals surface area contributed by atoms with Crippen molar-refractivity contribution in [3.63, 3.8) is 0 Å². The van der Waals surface area contributed by atoms with Crippen molar-refractivity contribution in [2.45, 2.75) is 13.8 Å². The lowest BCUT2D eigenvalue weighted by molar-refractivity contribution is -0.140. The minimum Gasteiger partial charge on any atom is -0.464 e. The molecule has 0 fully saturated rings. The Kier molecular flexibility index (Phi) is 7.12. The summed E-state index contributed by atoms with van der Waals surface area (Å²) < 4.78 is 4.85. The van der Waals surface area contributed by atoms with Crippen molar-refractivity contribution in [2.24, 2.45) is 0 Å². The van der Waals surface area contributed by atoms with Crippen LogP contribution in [0.25, 0.3) is 0 Å². The van der Waals surface area contributed by atoms with Crippen LogP contribution >= 0.6 is 12.4 Å². The molecule has 0 aliphatic carbocycles. The molecule has 2 aromatic rings. The Labute approximate surface area is 135 Å². The van der Waals surface area contributed by atoms with E-state index in [1.165, 1.54) is 6.92 Å². The van der Waals surface area contributed by atoms with Gasteiger partial charge in [-0.25, -0.2) is 4.98 Å². The zero-order chi connectivity index (χ0) is 15.1. The molecule has 1 heterocycles. The first-order chi connectivity index (χ1) is 10.1. The standard InChI is InChI=1S/C15H18N4O2.ClH/c1-11-10-14(18-13-6-4-3-5-7-13)19-15(17-11)16-8-9-21-12(2)20;/h3-7,10H,8-9H2,1-2H3,(H2,16,17,18,19);1H. The minimum absolute atomic E-state index is 0. The molecule has 7 heteroatoms. The highest BCUT2D eigenvalue weighted by Crippen LogP contribution is 2.16. The second-order valence-electron chi connectivity index (χ2n) is 4.48. The maximum atomic E-state index is 10.7. The van der Waals surface area contributed by atoms with Crippen LogP contribution in [0.4, 0.5) is 17.5 Å². The molecule has 2 N–H and O–H groups in total. The monoisotopic (exact) mass is 322 g/mol. The third-order valence-electron chi connectivity index (χ3n) is 2.59. The van der Waals surface area contributed by atoms with Crippen LogP contribution in [-0.2, 0) is 9.53 Å². The van der Waals surface area contributed by atoms with Gasteiger partial charge in [0.25, 0.3) is 0 Å². The average Bonchev–Trinajstić information content (AvgIpc) is 2.44. The normalized spacial score (nSPS) is 9.55. The third kappa shape index (κ3) is 5.97. The van der Waals surface area contributed by atoms with Crippen LogP contribution in [0.5, 0.6) is 0 Å². The molecule has 6 nitrogen and oxygen atoms in total. The summed E-state index contributed by atoms with van der Waals surface area (Å²) in [7, 11) is 0. The van der Waals surface area contributed by atoms with Gasteiger partial charge in [-0.05, 0) is 19.1 Å². The fourth-order valence-corrected chi connectivity index (χ4v) is 1.74. The first-order valence-electron chi connectivity index (χ1n) is 6.68. The molecule has 0 saturated heterocycles. The largest absolute Gasteiger partial charge is 0.464 e. The van der Waals surface area contributed by atoms with E-state index in [4.69, 9.17) is 4.74 Å². The third-order valence-corrected chi connectivity index (χ3v) is 2.59. The van der Waals surface area contributed by atoms with Gasteiger partial charge in [0.1, 0.15) is 12.4 Å². The van der Waals surface area contributed by atoms with Gasteiger partial charge in [-0.1, -0.05) is 18.2 Å². The maximum absolute atomic E-state index is 10.7. The van der Waals surface area contributed by atoms with Gasteiger partial charge in [0.05, 0.1) is 6.54 Å². The summed E-state index contributed by atoms with van der Waals surface area (Å²) in [6.07, 6.45) is 0. The lowest BCUT2D eigenvalue weighted by Gasteiger charge is -2.10. The number of hydrogen-bond acceptors (Lipinski definition) is 6. The number of aromatic nitrogens is 2. The van der Waals surface area contributed by atoms with E-state index < -0.39 is 0 Å². The Morgan fingerprint density at radius 2 is 1.95 bits per heavy atom. The van der Waals surface area contributed by atoms with Gasteiger partial charge in [-0.2, -0.15) is 4.98 Å². The number of ether oxygens (including phenoxy) is 1. The molecular formula is C15H19ClN4O2. The summed E-state index contributed by atoms with van der Waals surface area (Å²) in [6, 6.07) is 11.7. The molecule has 0 spiro atoms. The zero-order valence-corrected chi connectivity index (χ0v) is 13.3. The smallest absolute Gasteiger partial charge is 0.302 e. The molecule has 0 aliphatic heterocycles. The number of benzene rings is 1. The predicted octanol–water partition coefficient (Wildman–Crippen LogP) is 2.93. The van der Waals surface area contributed by atoms with Crippen molar-refractivity contribution in [1.29, 1.82) is 0 Å². The molecule has 1 aromatic heterocycles. The Balaban J connectivity index is 0.00000242. The van der Waals surface area contributed by atoms with E-state index in [2.05, 4.69) is 20.6 Å².